The predicted octanol–water partition coefficient (Wildman–Crippen LogP) is 3.58. The third kappa shape index (κ3) is 3.79. The van der Waals surface area contributed by atoms with Crippen molar-refractivity contribution in [3.63, 3.8) is 0 Å². The SMILES string of the molecule is CCC1(c2cccc(NS(C)(=O)=O)c2)C2CN(C[C@]3(O)C[C@H](c4ccccc4)C3)CC21. The van der Waals surface area contributed by atoms with E-state index in [0.29, 0.717) is 23.4 Å². The van der Waals surface area contributed by atoms with E-state index >= 15 is 0 Å². The van der Waals surface area contributed by atoms with E-state index in [0.717, 1.165) is 38.9 Å². The van der Waals surface area contributed by atoms with Gasteiger partial charge in [0.25, 0.3) is 0 Å². The summed E-state index contributed by atoms with van der Waals surface area (Å²) in [6.07, 6.45) is 3.94. The third-order valence-corrected chi connectivity index (χ3v) is 8.55. The van der Waals surface area contributed by atoms with Crippen LogP contribution in [0, 0.1) is 11.8 Å². The van der Waals surface area contributed by atoms with Crippen LogP contribution < -0.4 is 4.72 Å². The van der Waals surface area contributed by atoms with Crippen LogP contribution >= 0.6 is 0 Å². The maximum absolute atomic E-state index is 11.6. The van der Waals surface area contributed by atoms with Crippen molar-refractivity contribution in [2.45, 2.75) is 43.1 Å². The average Bonchev–Trinajstić information content (AvgIpc) is 3.09. The van der Waals surface area contributed by atoms with E-state index in [9.17, 15) is 13.5 Å². The number of nitrogens with one attached hydrogen (secondary N) is 1. The molecule has 31 heavy (non-hydrogen) atoms. The second kappa shape index (κ2) is 7.32. The standard InChI is InChI=1S/C25H32N2O3S/c1-3-25(20-10-7-11-21(12-20)26-31(2,29)30)22-15-27(16-23(22)25)17-24(28)13-19(14-24)18-8-5-4-6-9-18/h4-12,19,22-23,26,28H,3,13-17H2,1-2H3/t19-,22?,23?,24-,25?. The minimum absolute atomic E-state index is 0.139. The zero-order chi connectivity index (χ0) is 21.9. The summed E-state index contributed by atoms with van der Waals surface area (Å²) in [6.45, 7) is 5.03. The van der Waals surface area contributed by atoms with Crippen molar-refractivity contribution < 1.29 is 13.5 Å². The highest BCUT2D eigenvalue weighted by Crippen LogP contribution is 2.66. The lowest BCUT2D eigenvalue weighted by Crippen LogP contribution is -2.51. The van der Waals surface area contributed by atoms with Crippen molar-refractivity contribution in [2.75, 3.05) is 30.6 Å². The van der Waals surface area contributed by atoms with Crippen molar-refractivity contribution in [1.29, 1.82) is 0 Å². The molecule has 3 fully saturated rings. The van der Waals surface area contributed by atoms with Gasteiger partial charge in [-0.2, -0.15) is 0 Å². The van der Waals surface area contributed by atoms with E-state index in [1.807, 2.05) is 24.3 Å². The van der Waals surface area contributed by atoms with Gasteiger partial charge in [0.2, 0.25) is 10.0 Å². The third-order valence-electron chi connectivity index (χ3n) is 7.94. The Morgan fingerprint density at radius 2 is 1.74 bits per heavy atom. The van der Waals surface area contributed by atoms with Gasteiger partial charge >= 0.3 is 0 Å². The Labute approximate surface area is 185 Å². The first-order valence-electron chi connectivity index (χ1n) is 11.3. The Hall–Kier alpha value is -1.89. The zero-order valence-electron chi connectivity index (χ0n) is 18.3. The Bertz CT molecular complexity index is 1050. The maximum Gasteiger partial charge on any atom is 0.229 e. The van der Waals surface area contributed by atoms with E-state index in [-0.39, 0.29) is 5.41 Å². The van der Waals surface area contributed by atoms with Crippen LogP contribution in [0.1, 0.15) is 43.2 Å². The van der Waals surface area contributed by atoms with Gasteiger partial charge in [0, 0.05) is 30.7 Å². The first-order chi connectivity index (χ1) is 14.7. The zero-order valence-corrected chi connectivity index (χ0v) is 19.1. The van der Waals surface area contributed by atoms with Gasteiger partial charge in [-0.15, -0.1) is 0 Å². The van der Waals surface area contributed by atoms with Crippen LogP contribution in [0.4, 0.5) is 5.69 Å². The smallest absolute Gasteiger partial charge is 0.229 e. The molecule has 5 rings (SSSR count). The molecular weight excluding hydrogens is 408 g/mol. The summed E-state index contributed by atoms with van der Waals surface area (Å²) >= 11 is 0. The molecule has 2 saturated carbocycles. The molecule has 6 heteroatoms. The van der Waals surface area contributed by atoms with E-state index in [4.69, 9.17) is 0 Å². The quantitative estimate of drug-likeness (QED) is 0.691. The molecule has 0 radical (unpaired) electrons. The van der Waals surface area contributed by atoms with Crippen LogP contribution in [0.5, 0.6) is 0 Å². The summed E-state index contributed by atoms with van der Waals surface area (Å²) in [7, 11) is -3.28. The molecule has 2 aliphatic carbocycles. The fraction of sp³-hybridized carbons (Fsp3) is 0.520. The Kier molecular flexibility index (Phi) is 4.96. The van der Waals surface area contributed by atoms with Crippen LogP contribution in [-0.4, -0.2) is 49.9 Å². The number of hydrogen-bond donors (Lipinski definition) is 2. The van der Waals surface area contributed by atoms with Crippen LogP contribution in [-0.2, 0) is 15.4 Å². The van der Waals surface area contributed by atoms with E-state index in [1.54, 1.807) is 0 Å². The molecule has 166 valence electrons. The van der Waals surface area contributed by atoms with Crippen molar-refractivity contribution in [2.24, 2.45) is 11.8 Å². The van der Waals surface area contributed by atoms with Gasteiger partial charge in [0.15, 0.2) is 0 Å². The number of aliphatic hydroxyl groups is 1. The second-order valence-corrected chi connectivity index (χ2v) is 11.7. The molecule has 1 aliphatic heterocycles. The molecule has 0 bridgehead atoms. The summed E-state index contributed by atoms with van der Waals surface area (Å²) < 4.78 is 25.9. The van der Waals surface area contributed by atoms with Crippen LogP contribution in [0.15, 0.2) is 54.6 Å². The number of hydrogen-bond acceptors (Lipinski definition) is 4. The van der Waals surface area contributed by atoms with Gasteiger partial charge in [0.1, 0.15) is 0 Å². The fourth-order valence-corrected chi connectivity index (χ4v) is 7.11. The number of likely N-dealkylation sites (tertiary alicyclic amines) is 1. The van der Waals surface area contributed by atoms with E-state index < -0.39 is 15.6 Å². The van der Waals surface area contributed by atoms with Crippen LogP contribution in [0.3, 0.4) is 0 Å². The van der Waals surface area contributed by atoms with Gasteiger partial charge in [-0.1, -0.05) is 49.4 Å². The largest absolute Gasteiger partial charge is 0.389 e. The minimum Gasteiger partial charge on any atom is -0.389 e. The second-order valence-electron chi connectivity index (χ2n) is 10.00. The molecule has 0 aromatic heterocycles. The number of benzene rings is 2. The summed E-state index contributed by atoms with van der Waals surface area (Å²) in [4.78, 5) is 2.45. The number of rotatable bonds is 7. The number of β-amino-alcohol motifs (C(OH)–C–C–N with tert-alkyl or cyclic N) is 1. The lowest BCUT2D eigenvalue weighted by molar-refractivity contribution is -0.0711. The Balaban J connectivity index is 1.22. The molecule has 2 aromatic rings. The first kappa shape index (κ1) is 21.0. The minimum atomic E-state index is -3.28. The molecular formula is C25H32N2O3S. The van der Waals surface area contributed by atoms with Crippen LogP contribution in [0.25, 0.3) is 0 Å². The van der Waals surface area contributed by atoms with Gasteiger partial charge in [-0.25, -0.2) is 8.42 Å². The number of anilines is 1. The molecule has 1 heterocycles. The highest BCUT2D eigenvalue weighted by atomic mass is 32.2. The summed E-state index contributed by atoms with van der Waals surface area (Å²) in [6, 6.07) is 18.4. The molecule has 2 unspecified atom stereocenters. The molecule has 1 saturated heterocycles. The highest BCUT2D eigenvalue weighted by molar-refractivity contribution is 7.92. The molecule has 2 atom stereocenters. The van der Waals surface area contributed by atoms with Crippen molar-refractivity contribution in [3.8, 4) is 0 Å². The summed E-state index contributed by atoms with van der Waals surface area (Å²) in [5, 5.41) is 11.0. The highest BCUT2D eigenvalue weighted by Gasteiger charge is 2.67. The van der Waals surface area contributed by atoms with Gasteiger partial charge in [-0.05, 0) is 60.3 Å². The molecule has 2 N–H and O–H groups in total. The lowest BCUT2D eigenvalue weighted by atomic mass is 9.67. The lowest BCUT2D eigenvalue weighted by Gasteiger charge is -2.46. The number of piperidine rings is 1. The number of nitrogens with zero attached hydrogens (tertiary/aromatic N) is 1. The van der Waals surface area contributed by atoms with Gasteiger partial charge in [0.05, 0.1) is 11.9 Å². The summed E-state index contributed by atoms with van der Waals surface area (Å²) in [5.74, 6) is 1.64. The molecule has 5 nitrogen and oxygen atoms in total. The predicted molar refractivity (Wildman–Crippen MR) is 124 cm³/mol. The normalized spacial score (nSPS) is 34.7. The van der Waals surface area contributed by atoms with Crippen molar-refractivity contribution in [3.05, 3.63) is 65.7 Å². The number of fused-ring (bicyclic) bond motifs is 1. The van der Waals surface area contributed by atoms with Crippen molar-refractivity contribution >= 4 is 15.7 Å². The molecule has 3 aliphatic rings. The van der Waals surface area contributed by atoms with Crippen LogP contribution in [0.2, 0.25) is 0 Å². The van der Waals surface area contributed by atoms with Gasteiger partial charge < -0.3 is 5.11 Å². The van der Waals surface area contributed by atoms with E-state index in [2.05, 4.69) is 46.9 Å². The Morgan fingerprint density at radius 3 is 2.35 bits per heavy atom. The Morgan fingerprint density at radius 1 is 1.06 bits per heavy atom. The average molecular weight is 441 g/mol. The topological polar surface area (TPSA) is 69.6 Å². The molecule has 0 spiro atoms. The first-order valence-corrected chi connectivity index (χ1v) is 13.2. The fourth-order valence-electron chi connectivity index (χ4n) is 6.55. The van der Waals surface area contributed by atoms with Crippen molar-refractivity contribution in [1.82, 2.24) is 4.90 Å². The monoisotopic (exact) mass is 440 g/mol. The maximum atomic E-state index is 11.6. The van der Waals surface area contributed by atoms with Gasteiger partial charge in [-0.3, -0.25) is 9.62 Å². The number of sulfonamides is 1. The molecule has 2 aromatic carbocycles. The van der Waals surface area contributed by atoms with E-state index in [1.165, 1.54) is 17.4 Å². The molecule has 0 amide bonds. The summed E-state index contributed by atoms with van der Waals surface area (Å²) in [5.41, 5.74) is 2.80.